The van der Waals surface area contributed by atoms with Crippen LogP contribution in [-0.2, 0) is 16.6 Å². The van der Waals surface area contributed by atoms with E-state index < -0.39 is 0 Å². The predicted octanol–water partition coefficient (Wildman–Crippen LogP) is 1.92. The minimum absolute atomic E-state index is 0.0121. The first kappa shape index (κ1) is 18.8. The van der Waals surface area contributed by atoms with Crippen molar-refractivity contribution in [3.63, 3.8) is 0 Å². The lowest BCUT2D eigenvalue weighted by molar-refractivity contribution is -0.127. The second kappa shape index (κ2) is 8.20. The topological polar surface area (TPSA) is 70.5 Å². The molecule has 3 heterocycles. The molecule has 7 nitrogen and oxygen atoms in total. The molecule has 2 aliphatic heterocycles. The van der Waals surface area contributed by atoms with Crippen LogP contribution in [0.4, 0.5) is 5.95 Å². The van der Waals surface area contributed by atoms with Gasteiger partial charge < -0.3 is 19.7 Å². The molecule has 0 radical (unpaired) electrons. The summed E-state index contributed by atoms with van der Waals surface area (Å²) >= 11 is 0. The third kappa shape index (κ3) is 3.84. The van der Waals surface area contributed by atoms with Crippen LogP contribution in [0.25, 0.3) is 11.0 Å². The number of carbonyl (C=O) groups excluding carboxylic acids is 2. The SMILES string of the molecule is Cn1c(N2CCC[C@H](C(=O)NCCCN3CCCC3=O)C2)nc2ccccc21. The van der Waals surface area contributed by atoms with Crippen molar-refractivity contribution in [1.82, 2.24) is 19.8 Å². The largest absolute Gasteiger partial charge is 0.356 e. The molecule has 1 aromatic carbocycles. The summed E-state index contributed by atoms with van der Waals surface area (Å²) in [4.78, 5) is 33.2. The summed E-state index contributed by atoms with van der Waals surface area (Å²) in [5.41, 5.74) is 2.10. The number of imidazole rings is 1. The zero-order chi connectivity index (χ0) is 19.5. The summed E-state index contributed by atoms with van der Waals surface area (Å²) in [7, 11) is 2.04. The average molecular weight is 383 g/mol. The molecular weight excluding hydrogens is 354 g/mol. The Morgan fingerprint density at radius 2 is 2.11 bits per heavy atom. The van der Waals surface area contributed by atoms with Gasteiger partial charge in [-0.05, 0) is 37.8 Å². The highest BCUT2D eigenvalue weighted by molar-refractivity contribution is 5.81. The van der Waals surface area contributed by atoms with Crippen LogP contribution in [0.2, 0.25) is 0 Å². The monoisotopic (exact) mass is 383 g/mol. The normalized spacial score (nSPS) is 20.2. The Hall–Kier alpha value is -2.57. The fraction of sp³-hybridized carbons (Fsp3) is 0.571. The number of aryl methyl sites for hydroxylation is 1. The zero-order valence-electron chi connectivity index (χ0n) is 16.6. The molecule has 4 rings (SSSR count). The van der Waals surface area contributed by atoms with Crippen molar-refractivity contribution in [2.24, 2.45) is 13.0 Å². The molecule has 1 aromatic heterocycles. The lowest BCUT2D eigenvalue weighted by atomic mass is 9.97. The minimum Gasteiger partial charge on any atom is -0.356 e. The number of benzene rings is 1. The Labute approximate surface area is 165 Å². The van der Waals surface area contributed by atoms with Gasteiger partial charge in [-0.15, -0.1) is 0 Å². The van der Waals surface area contributed by atoms with Crippen LogP contribution in [0, 0.1) is 5.92 Å². The van der Waals surface area contributed by atoms with E-state index in [0.29, 0.717) is 19.5 Å². The molecule has 150 valence electrons. The van der Waals surface area contributed by atoms with E-state index in [1.54, 1.807) is 0 Å². The maximum Gasteiger partial charge on any atom is 0.224 e. The number of anilines is 1. The molecule has 7 heteroatoms. The van der Waals surface area contributed by atoms with Gasteiger partial charge in [-0.1, -0.05) is 12.1 Å². The number of nitrogens with one attached hydrogen (secondary N) is 1. The fourth-order valence-electron chi connectivity index (χ4n) is 4.35. The first-order chi connectivity index (χ1) is 13.6. The number of aromatic nitrogens is 2. The number of likely N-dealkylation sites (tertiary alicyclic amines) is 1. The summed E-state index contributed by atoms with van der Waals surface area (Å²) in [5.74, 6) is 1.29. The van der Waals surface area contributed by atoms with Gasteiger partial charge in [0.15, 0.2) is 0 Å². The molecule has 2 saturated heterocycles. The quantitative estimate of drug-likeness (QED) is 0.774. The van der Waals surface area contributed by atoms with E-state index in [1.807, 2.05) is 30.1 Å². The Balaban J connectivity index is 1.31. The minimum atomic E-state index is -0.0121. The number of amides is 2. The second-order valence-electron chi connectivity index (χ2n) is 7.87. The van der Waals surface area contributed by atoms with Gasteiger partial charge in [-0.3, -0.25) is 9.59 Å². The zero-order valence-corrected chi connectivity index (χ0v) is 16.6. The third-order valence-electron chi connectivity index (χ3n) is 5.91. The fourth-order valence-corrected chi connectivity index (χ4v) is 4.35. The molecule has 1 atom stereocenters. The molecule has 2 amide bonds. The molecular formula is C21H29N5O2. The Bertz CT molecular complexity index is 862. The van der Waals surface area contributed by atoms with Gasteiger partial charge in [-0.2, -0.15) is 0 Å². The van der Waals surface area contributed by atoms with E-state index in [2.05, 4.69) is 20.9 Å². The number of nitrogens with zero attached hydrogens (tertiary/aromatic N) is 4. The summed E-state index contributed by atoms with van der Waals surface area (Å²) in [6, 6.07) is 8.13. The molecule has 2 fully saturated rings. The molecule has 0 bridgehead atoms. The molecule has 2 aliphatic rings. The van der Waals surface area contributed by atoms with Gasteiger partial charge in [0.1, 0.15) is 0 Å². The van der Waals surface area contributed by atoms with Crippen LogP contribution in [0.15, 0.2) is 24.3 Å². The van der Waals surface area contributed by atoms with Crippen LogP contribution in [0.1, 0.15) is 32.1 Å². The van der Waals surface area contributed by atoms with Crippen molar-refractivity contribution in [1.29, 1.82) is 0 Å². The summed E-state index contributed by atoms with van der Waals surface area (Å²) in [6.45, 7) is 3.87. The van der Waals surface area contributed by atoms with Gasteiger partial charge >= 0.3 is 0 Å². The molecule has 0 aliphatic carbocycles. The molecule has 0 saturated carbocycles. The Morgan fingerprint density at radius 1 is 1.25 bits per heavy atom. The number of piperidine rings is 1. The number of carbonyl (C=O) groups is 2. The maximum absolute atomic E-state index is 12.6. The van der Waals surface area contributed by atoms with E-state index in [0.717, 1.165) is 62.3 Å². The lowest BCUT2D eigenvalue weighted by Crippen LogP contribution is -2.44. The van der Waals surface area contributed by atoms with Crippen molar-refractivity contribution in [3.8, 4) is 0 Å². The van der Waals surface area contributed by atoms with E-state index in [9.17, 15) is 9.59 Å². The Kier molecular flexibility index (Phi) is 5.50. The van der Waals surface area contributed by atoms with Crippen LogP contribution in [-0.4, -0.2) is 59.0 Å². The van der Waals surface area contributed by atoms with Gasteiger partial charge in [0.05, 0.1) is 17.0 Å². The summed E-state index contributed by atoms with van der Waals surface area (Å²) in [6.07, 6.45) is 4.36. The average Bonchev–Trinajstić information content (AvgIpc) is 3.28. The smallest absolute Gasteiger partial charge is 0.224 e. The van der Waals surface area contributed by atoms with E-state index in [1.165, 1.54) is 0 Å². The van der Waals surface area contributed by atoms with Gasteiger partial charge in [0.2, 0.25) is 17.8 Å². The number of rotatable bonds is 6. The summed E-state index contributed by atoms with van der Waals surface area (Å²) < 4.78 is 2.11. The standard InChI is InChI=1S/C21H29N5O2/c1-24-18-9-3-2-8-17(18)23-21(24)26-13-4-7-16(15-26)20(28)22-11-6-14-25-12-5-10-19(25)27/h2-3,8-9,16H,4-7,10-15H2,1H3,(H,22,28)/t16-/m0/s1. The number of hydrogen-bond donors (Lipinski definition) is 1. The van der Waals surface area contributed by atoms with Crippen molar-refractivity contribution >= 4 is 28.8 Å². The molecule has 2 aromatic rings. The highest BCUT2D eigenvalue weighted by Crippen LogP contribution is 2.26. The first-order valence-electron chi connectivity index (χ1n) is 10.4. The molecule has 1 N–H and O–H groups in total. The predicted molar refractivity (Wildman–Crippen MR) is 109 cm³/mol. The third-order valence-corrected chi connectivity index (χ3v) is 5.91. The molecule has 0 unspecified atom stereocenters. The van der Waals surface area contributed by atoms with Crippen LogP contribution in [0.5, 0.6) is 0 Å². The van der Waals surface area contributed by atoms with Crippen LogP contribution in [0.3, 0.4) is 0 Å². The van der Waals surface area contributed by atoms with Crippen molar-refractivity contribution in [2.45, 2.75) is 32.1 Å². The van der Waals surface area contributed by atoms with Crippen molar-refractivity contribution in [2.75, 3.05) is 37.6 Å². The molecule has 0 spiro atoms. The highest BCUT2D eigenvalue weighted by atomic mass is 16.2. The van der Waals surface area contributed by atoms with Gasteiger partial charge in [0, 0.05) is 46.2 Å². The highest BCUT2D eigenvalue weighted by Gasteiger charge is 2.28. The van der Waals surface area contributed by atoms with E-state index in [4.69, 9.17) is 4.98 Å². The number of para-hydroxylation sites is 2. The first-order valence-corrected chi connectivity index (χ1v) is 10.4. The second-order valence-corrected chi connectivity index (χ2v) is 7.87. The van der Waals surface area contributed by atoms with Gasteiger partial charge in [-0.25, -0.2) is 4.98 Å². The lowest BCUT2D eigenvalue weighted by Gasteiger charge is -2.32. The van der Waals surface area contributed by atoms with Crippen LogP contribution < -0.4 is 10.2 Å². The van der Waals surface area contributed by atoms with Crippen molar-refractivity contribution < 1.29 is 9.59 Å². The van der Waals surface area contributed by atoms with Crippen molar-refractivity contribution in [3.05, 3.63) is 24.3 Å². The maximum atomic E-state index is 12.6. The number of fused-ring (bicyclic) bond motifs is 1. The Morgan fingerprint density at radius 3 is 2.89 bits per heavy atom. The van der Waals surface area contributed by atoms with Crippen LogP contribution >= 0.6 is 0 Å². The summed E-state index contributed by atoms with van der Waals surface area (Å²) in [5, 5.41) is 3.07. The number of hydrogen-bond acceptors (Lipinski definition) is 4. The van der Waals surface area contributed by atoms with E-state index in [-0.39, 0.29) is 17.7 Å². The van der Waals surface area contributed by atoms with Gasteiger partial charge in [0.25, 0.3) is 0 Å². The van der Waals surface area contributed by atoms with E-state index >= 15 is 0 Å². The molecule has 28 heavy (non-hydrogen) atoms.